The SMILES string of the molecule is N#CCCOOPN. The smallest absolute Gasteiger partial charge is 0.126 e. The molecule has 0 spiro atoms. The molecule has 0 aromatic heterocycles. The van der Waals surface area contributed by atoms with Gasteiger partial charge in [-0.3, -0.25) is 5.50 Å². The van der Waals surface area contributed by atoms with Crippen LogP contribution in [-0.4, -0.2) is 6.61 Å². The summed E-state index contributed by atoms with van der Waals surface area (Å²) in [6.07, 6.45) is 0.338. The second-order valence-corrected chi connectivity index (χ2v) is 1.33. The molecule has 0 heterocycles. The highest BCUT2D eigenvalue weighted by atomic mass is 31.1. The Kier molecular flexibility index (Phi) is 6.63. The third-order valence-electron chi connectivity index (χ3n) is 0.404. The molecule has 0 aliphatic carbocycles. The van der Waals surface area contributed by atoms with E-state index in [1.165, 1.54) is 0 Å². The lowest BCUT2D eigenvalue weighted by atomic mass is 10.5. The maximum absolute atomic E-state index is 7.95. The summed E-state index contributed by atoms with van der Waals surface area (Å²) < 4.78 is 4.29. The van der Waals surface area contributed by atoms with Crippen LogP contribution in [0.15, 0.2) is 0 Å². The van der Waals surface area contributed by atoms with Crippen molar-refractivity contribution in [1.29, 1.82) is 5.26 Å². The van der Waals surface area contributed by atoms with Crippen molar-refractivity contribution < 1.29 is 9.56 Å². The molecule has 0 saturated heterocycles. The fourth-order valence-electron chi connectivity index (χ4n) is 0.163. The Morgan fingerprint density at radius 3 is 3.00 bits per heavy atom. The summed E-state index contributed by atoms with van der Waals surface area (Å²) in [5.74, 6) is 0. The van der Waals surface area contributed by atoms with Crippen molar-refractivity contribution in [2.75, 3.05) is 6.61 Å². The first-order valence-electron chi connectivity index (χ1n) is 2.03. The second-order valence-electron chi connectivity index (χ2n) is 0.931. The zero-order valence-corrected chi connectivity index (χ0v) is 5.26. The largest absolute Gasteiger partial charge is 0.288 e. The second kappa shape index (κ2) is 6.80. The van der Waals surface area contributed by atoms with Crippen molar-refractivity contribution >= 4 is 8.96 Å². The first kappa shape index (κ1) is 7.80. The molecule has 1 atom stereocenters. The Morgan fingerprint density at radius 1 is 1.75 bits per heavy atom. The van der Waals surface area contributed by atoms with Crippen molar-refractivity contribution in [2.24, 2.45) is 5.50 Å². The van der Waals surface area contributed by atoms with Gasteiger partial charge in [0, 0.05) is 0 Å². The molecule has 0 aromatic carbocycles. The molecule has 46 valence electrons. The number of nitrogens with zero attached hydrogens (tertiary/aromatic N) is 1. The molecule has 5 heteroatoms. The van der Waals surface area contributed by atoms with E-state index >= 15 is 0 Å². The van der Waals surface area contributed by atoms with Crippen molar-refractivity contribution in [3.05, 3.63) is 0 Å². The first-order valence-corrected chi connectivity index (χ1v) is 3.01. The van der Waals surface area contributed by atoms with Crippen molar-refractivity contribution in [3.8, 4) is 6.07 Å². The van der Waals surface area contributed by atoms with Crippen LogP contribution in [0.4, 0.5) is 0 Å². The number of hydrogen-bond donors (Lipinski definition) is 1. The van der Waals surface area contributed by atoms with E-state index in [-0.39, 0.29) is 8.96 Å². The van der Waals surface area contributed by atoms with Crippen LogP contribution < -0.4 is 5.50 Å². The highest BCUT2D eigenvalue weighted by molar-refractivity contribution is 7.29. The van der Waals surface area contributed by atoms with Gasteiger partial charge in [0.15, 0.2) is 0 Å². The summed E-state index contributed by atoms with van der Waals surface area (Å²) in [4.78, 5) is 4.39. The monoisotopic (exact) mass is 134 g/mol. The molecule has 0 radical (unpaired) electrons. The van der Waals surface area contributed by atoms with E-state index in [4.69, 9.17) is 10.8 Å². The van der Waals surface area contributed by atoms with E-state index < -0.39 is 0 Å². The molecule has 1 unspecified atom stereocenters. The zero-order chi connectivity index (χ0) is 6.24. The van der Waals surface area contributed by atoms with Gasteiger partial charge in [0.2, 0.25) is 0 Å². The van der Waals surface area contributed by atoms with Crippen LogP contribution in [-0.2, 0) is 9.56 Å². The average molecular weight is 134 g/mol. The quantitative estimate of drug-likeness (QED) is 0.260. The summed E-state index contributed by atoms with van der Waals surface area (Å²) in [7, 11) is -0.163. The predicted molar refractivity (Wildman–Crippen MR) is 29.8 cm³/mol. The summed E-state index contributed by atoms with van der Waals surface area (Å²) in [6, 6.07) is 1.88. The predicted octanol–water partition coefficient (Wildman–Crippen LogP) is 0.315. The third-order valence-corrected chi connectivity index (χ3v) is 0.618. The zero-order valence-electron chi connectivity index (χ0n) is 4.26. The molecule has 0 saturated carbocycles. The molecule has 0 aromatic rings. The van der Waals surface area contributed by atoms with Crippen molar-refractivity contribution in [2.45, 2.75) is 6.42 Å². The highest BCUT2D eigenvalue weighted by Gasteiger charge is 1.82. The number of nitriles is 1. The van der Waals surface area contributed by atoms with Gasteiger partial charge in [-0.25, -0.2) is 9.56 Å². The minimum Gasteiger partial charge on any atom is -0.288 e. The molecule has 4 nitrogen and oxygen atoms in total. The standard InChI is InChI=1S/C3H7N2O2P/c4-2-1-3-6-7-8-5/h8H,1,3,5H2. The lowest BCUT2D eigenvalue weighted by molar-refractivity contribution is -0.194. The van der Waals surface area contributed by atoms with E-state index in [9.17, 15) is 0 Å². The summed E-state index contributed by atoms with van der Waals surface area (Å²) in [6.45, 7) is 0.292. The van der Waals surface area contributed by atoms with Crippen molar-refractivity contribution in [3.63, 3.8) is 0 Å². The van der Waals surface area contributed by atoms with Crippen LogP contribution in [0.2, 0.25) is 0 Å². The Hall–Kier alpha value is -0.200. The van der Waals surface area contributed by atoms with Gasteiger partial charge in [-0.1, -0.05) is 0 Å². The maximum Gasteiger partial charge on any atom is 0.126 e. The topological polar surface area (TPSA) is 68.3 Å². The van der Waals surface area contributed by atoms with Crippen LogP contribution in [0.25, 0.3) is 0 Å². The Morgan fingerprint density at radius 2 is 2.50 bits per heavy atom. The lowest BCUT2D eigenvalue weighted by Crippen LogP contribution is -1.89. The third kappa shape index (κ3) is 5.80. The van der Waals surface area contributed by atoms with Gasteiger partial charge in [0.05, 0.1) is 19.1 Å². The lowest BCUT2D eigenvalue weighted by Gasteiger charge is -1.93. The molecular weight excluding hydrogens is 127 g/mol. The van der Waals surface area contributed by atoms with Crippen molar-refractivity contribution in [1.82, 2.24) is 0 Å². The fourth-order valence-corrected chi connectivity index (χ4v) is 0.314. The molecule has 0 aliphatic heterocycles. The van der Waals surface area contributed by atoms with Gasteiger partial charge < -0.3 is 0 Å². The molecule has 0 bridgehead atoms. The molecule has 0 rings (SSSR count). The summed E-state index contributed by atoms with van der Waals surface area (Å²) in [5.41, 5.74) is 4.91. The van der Waals surface area contributed by atoms with Gasteiger partial charge >= 0.3 is 0 Å². The van der Waals surface area contributed by atoms with E-state index in [1.54, 1.807) is 0 Å². The maximum atomic E-state index is 7.95. The molecule has 0 amide bonds. The van der Waals surface area contributed by atoms with Crippen LogP contribution in [0.3, 0.4) is 0 Å². The fraction of sp³-hybridized carbons (Fsp3) is 0.667. The van der Waals surface area contributed by atoms with Crippen LogP contribution in [0.1, 0.15) is 6.42 Å². The molecular formula is C3H7N2O2P. The summed E-state index contributed by atoms with van der Waals surface area (Å²) >= 11 is 0. The minimum absolute atomic E-state index is 0.163. The molecule has 0 fully saturated rings. The minimum atomic E-state index is -0.163. The van der Waals surface area contributed by atoms with E-state index in [0.29, 0.717) is 13.0 Å². The van der Waals surface area contributed by atoms with E-state index in [0.717, 1.165) is 0 Å². The van der Waals surface area contributed by atoms with E-state index in [1.807, 2.05) is 6.07 Å². The van der Waals surface area contributed by atoms with Crippen LogP contribution >= 0.6 is 8.96 Å². The summed E-state index contributed by atoms with van der Waals surface area (Å²) in [5, 5.41) is 7.95. The van der Waals surface area contributed by atoms with Crippen LogP contribution in [0.5, 0.6) is 0 Å². The number of nitrogens with two attached hydrogens (primary N) is 1. The van der Waals surface area contributed by atoms with Gasteiger partial charge in [-0.05, 0) is 0 Å². The normalized spacial score (nSPS) is 10.0. The number of hydrogen-bond acceptors (Lipinski definition) is 4. The Balaban J connectivity index is 2.65. The van der Waals surface area contributed by atoms with E-state index in [2.05, 4.69) is 9.56 Å². The van der Waals surface area contributed by atoms with Gasteiger partial charge in [-0.2, -0.15) is 5.26 Å². The number of rotatable bonds is 4. The van der Waals surface area contributed by atoms with Gasteiger partial charge in [0.25, 0.3) is 0 Å². The first-order chi connectivity index (χ1) is 3.91. The molecule has 0 aliphatic rings. The Bertz CT molecular complexity index is 81.8. The Labute approximate surface area is 49.4 Å². The van der Waals surface area contributed by atoms with Crippen LogP contribution in [0, 0.1) is 11.3 Å². The molecule has 2 N–H and O–H groups in total. The van der Waals surface area contributed by atoms with Gasteiger partial charge in [-0.15, -0.1) is 0 Å². The average Bonchev–Trinajstić information content (AvgIpc) is 1.81. The molecule has 8 heavy (non-hydrogen) atoms. The van der Waals surface area contributed by atoms with Gasteiger partial charge in [0.1, 0.15) is 8.96 Å². The highest BCUT2D eigenvalue weighted by Crippen LogP contribution is 1.98.